The Labute approximate surface area is 168 Å². The fourth-order valence-corrected chi connectivity index (χ4v) is 4.65. The van der Waals surface area contributed by atoms with Crippen molar-refractivity contribution in [1.82, 2.24) is 29.8 Å². The van der Waals surface area contributed by atoms with Crippen molar-refractivity contribution in [3.05, 3.63) is 67.0 Å². The number of hydrogen-bond donors (Lipinski definition) is 1. The second kappa shape index (κ2) is 6.63. The summed E-state index contributed by atoms with van der Waals surface area (Å²) in [6.45, 7) is 3.07. The van der Waals surface area contributed by atoms with Gasteiger partial charge in [-0.1, -0.05) is 0 Å². The number of aromatic nitrogens is 5. The van der Waals surface area contributed by atoms with E-state index in [1.54, 1.807) is 6.33 Å². The zero-order valence-corrected chi connectivity index (χ0v) is 15.9. The highest BCUT2D eigenvalue weighted by molar-refractivity contribution is 5.90. The van der Waals surface area contributed by atoms with E-state index in [4.69, 9.17) is 4.98 Å². The average molecular weight is 383 g/mol. The number of piperazine rings is 1. The molecule has 4 aromatic heterocycles. The van der Waals surface area contributed by atoms with Crippen molar-refractivity contribution in [2.75, 3.05) is 18.0 Å². The lowest BCUT2D eigenvalue weighted by molar-refractivity contribution is -0.00869. The monoisotopic (exact) mass is 383 g/mol. The minimum absolute atomic E-state index is 0.602. The fourth-order valence-electron chi connectivity index (χ4n) is 4.65. The lowest BCUT2D eigenvalue weighted by atomic mass is 9.87. The zero-order valence-electron chi connectivity index (χ0n) is 15.9. The molecule has 7 rings (SSSR count). The molecule has 7 heterocycles. The number of rotatable bonds is 4. The summed E-state index contributed by atoms with van der Waals surface area (Å²) >= 11 is 0. The summed E-state index contributed by atoms with van der Waals surface area (Å²) in [6.07, 6.45) is 10.5. The third-order valence-electron chi connectivity index (χ3n) is 6.16. The van der Waals surface area contributed by atoms with Crippen LogP contribution in [0.1, 0.15) is 12.0 Å². The predicted octanol–water partition coefficient (Wildman–Crippen LogP) is 2.88. The van der Waals surface area contributed by atoms with E-state index in [0.29, 0.717) is 12.1 Å². The van der Waals surface area contributed by atoms with Crippen LogP contribution in [0.5, 0.6) is 0 Å². The summed E-state index contributed by atoms with van der Waals surface area (Å²) in [5.74, 6) is 1.05. The number of hydrogen-bond acceptors (Lipinski definition) is 6. The van der Waals surface area contributed by atoms with Gasteiger partial charge in [-0.3, -0.25) is 9.88 Å². The van der Waals surface area contributed by atoms with Gasteiger partial charge in [-0.05, 0) is 42.3 Å². The third-order valence-corrected chi connectivity index (χ3v) is 6.16. The fraction of sp³-hybridized carbons (Fsp3) is 0.273. The molecule has 3 fully saturated rings. The second-order valence-electron chi connectivity index (χ2n) is 7.84. The first kappa shape index (κ1) is 16.6. The lowest BCUT2D eigenvalue weighted by Gasteiger charge is -2.56. The van der Waals surface area contributed by atoms with Gasteiger partial charge >= 0.3 is 0 Å². The molecule has 7 nitrogen and oxygen atoms in total. The largest absolute Gasteiger partial charge is 0.353 e. The van der Waals surface area contributed by atoms with Crippen LogP contribution in [-0.2, 0) is 6.54 Å². The van der Waals surface area contributed by atoms with Gasteiger partial charge < -0.3 is 9.88 Å². The smallest absolute Gasteiger partial charge is 0.141 e. The minimum Gasteiger partial charge on any atom is -0.353 e. The van der Waals surface area contributed by atoms with Crippen molar-refractivity contribution < 1.29 is 0 Å². The summed E-state index contributed by atoms with van der Waals surface area (Å²) in [6, 6.07) is 11.7. The summed E-state index contributed by atoms with van der Waals surface area (Å²) in [5.41, 5.74) is 4.12. The molecule has 0 spiro atoms. The van der Waals surface area contributed by atoms with Crippen LogP contribution in [-0.4, -0.2) is 55.0 Å². The summed E-state index contributed by atoms with van der Waals surface area (Å²) in [7, 11) is 0. The quantitative estimate of drug-likeness (QED) is 0.584. The number of H-pyrrole nitrogens is 1. The van der Waals surface area contributed by atoms with E-state index >= 15 is 0 Å². The highest BCUT2D eigenvalue weighted by atomic mass is 15.4. The van der Waals surface area contributed by atoms with E-state index in [9.17, 15) is 0 Å². The third kappa shape index (κ3) is 2.86. The Kier molecular flexibility index (Phi) is 3.80. The molecular weight excluding hydrogens is 362 g/mol. The highest BCUT2D eigenvalue weighted by Crippen LogP contribution is 2.35. The lowest BCUT2D eigenvalue weighted by Crippen LogP contribution is -2.68. The van der Waals surface area contributed by atoms with E-state index < -0.39 is 0 Å². The SMILES string of the molecule is c1cc(CN2C3CC2CN(c2ccc(-c4ncnc5[nH]ccc45)cn2)C3)ccn1. The molecule has 144 valence electrons. The van der Waals surface area contributed by atoms with Crippen LogP contribution in [0.15, 0.2) is 61.4 Å². The summed E-state index contributed by atoms with van der Waals surface area (Å²) in [4.78, 5) is 25.8. The van der Waals surface area contributed by atoms with E-state index in [0.717, 1.165) is 47.7 Å². The number of anilines is 1. The molecule has 2 atom stereocenters. The van der Waals surface area contributed by atoms with Crippen LogP contribution in [0.25, 0.3) is 22.3 Å². The number of piperidine rings is 1. The molecule has 3 saturated heterocycles. The zero-order chi connectivity index (χ0) is 19.2. The molecule has 29 heavy (non-hydrogen) atoms. The molecule has 1 N–H and O–H groups in total. The van der Waals surface area contributed by atoms with Crippen molar-refractivity contribution in [3.63, 3.8) is 0 Å². The molecule has 4 aromatic rings. The Morgan fingerprint density at radius 1 is 0.966 bits per heavy atom. The van der Waals surface area contributed by atoms with Gasteiger partial charge in [-0.15, -0.1) is 0 Å². The standard InChI is InChI=1S/C22H21N7/c1-2-20(25-10-16(1)21-19-5-8-24-22(19)27-14-26-21)28-12-17-9-18(13-28)29(17)11-15-3-6-23-7-4-15/h1-8,10,14,17-18H,9,11-13H2,(H,24,26,27). The van der Waals surface area contributed by atoms with Crippen molar-refractivity contribution in [2.45, 2.75) is 25.0 Å². The van der Waals surface area contributed by atoms with Gasteiger partial charge in [0.1, 0.15) is 17.8 Å². The van der Waals surface area contributed by atoms with Gasteiger partial charge in [0.05, 0.1) is 5.69 Å². The Morgan fingerprint density at radius 3 is 2.62 bits per heavy atom. The topological polar surface area (TPSA) is 73.8 Å². The Balaban J connectivity index is 1.18. The number of nitrogens with one attached hydrogen (secondary N) is 1. The first-order chi connectivity index (χ1) is 14.3. The Bertz CT molecular complexity index is 1130. The average Bonchev–Trinajstić information content (AvgIpc) is 3.27. The van der Waals surface area contributed by atoms with Crippen LogP contribution in [0.2, 0.25) is 0 Å². The van der Waals surface area contributed by atoms with E-state index in [2.05, 4.69) is 54.0 Å². The van der Waals surface area contributed by atoms with Crippen molar-refractivity contribution >= 4 is 16.9 Å². The van der Waals surface area contributed by atoms with Crippen molar-refractivity contribution in [2.24, 2.45) is 0 Å². The molecule has 3 aliphatic rings. The maximum Gasteiger partial charge on any atom is 0.141 e. The molecule has 2 unspecified atom stereocenters. The molecule has 7 heteroatoms. The predicted molar refractivity (Wildman–Crippen MR) is 111 cm³/mol. The molecule has 0 aliphatic carbocycles. The second-order valence-corrected chi connectivity index (χ2v) is 7.84. The van der Waals surface area contributed by atoms with Gasteiger partial charge in [0.15, 0.2) is 0 Å². The van der Waals surface area contributed by atoms with Gasteiger partial charge in [0, 0.05) is 67.5 Å². The van der Waals surface area contributed by atoms with Crippen LogP contribution in [0, 0.1) is 0 Å². The van der Waals surface area contributed by atoms with E-state index in [1.165, 1.54) is 12.0 Å². The molecular formula is C22H21N7. The number of pyridine rings is 2. The van der Waals surface area contributed by atoms with Gasteiger partial charge in [0.25, 0.3) is 0 Å². The first-order valence-corrected chi connectivity index (χ1v) is 9.99. The molecule has 0 radical (unpaired) electrons. The molecule has 0 aromatic carbocycles. The number of fused-ring (bicyclic) bond motifs is 3. The number of aromatic amines is 1. The van der Waals surface area contributed by atoms with Crippen LogP contribution < -0.4 is 4.90 Å². The van der Waals surface area contributed by atoms with Gasteiger partial charge in [-0.25, -0.2) is 15.0 Å². The van der Waals surface area contributed by atoms with Crippen molar-refractivity contribution in [1.29, 1.82) is 0 Å². The molecule has 2 bridgehead atoms. The van der Waals surface area contributed by atoms with Gasteiger partial charge in [0.2, 0.25) is 0 Å². The Hall–Kier alpha value is -3.32. The maximum absolute atomic E-state index is 4.76. The van der Waals surface area contributed by atoms with Crippen LogP contribution in [0.4, 0.5) is 5.82 Å². The molecule has 0 saturated carbocycles. The highest BCUT2D eigenvalue weighted by Gasteiger charge is 2.44. The summed E-state index contributed by atoms with van der Waals surface area (Å²) in [5, 5.41) is 1.02. The van der Waals surface area contributed by atoms with E-state index in [1.807, 2.05) is 30.9 Å². The maximum atomic E-state index is 4.76. The first-order valence-electron chi connectivity index (χ1n) is 9.99. The van der Waals surface area contributed by atoms with Crippen LogP contribution >= 0.6 is 0 Å². The van der Waals surface area contributed by atoms with Crippen molar-refractivity contribution in [3.8, 4) is 11.3 Å². The normalized spacial score (nSPS) is 21.3. The summed E-state index contributed by atoms with van der Waals surface area (Å²) < 4.78 is 0. The Morgan fingerprint density at radius 2 is 1.83 bits per heavy atom. The van der Waals surface area contributed by atoms with E-state index in [-0.39, 0.29) is 0 Å². The number of nitrogens with zero attached hydrogens (tertiary/aromatic N) is 6. The van der Waals surface area contributed by atoms with Gasteiger partial charge in [-0.2, -0.15) is 0 Å². The van der Waals surface area contributed by atoms with Crippen LogP contribution in [0.3, 0.4) is 0 Å². The minimum atomic E-state index is 0.602. The molecule has 0 amide bonds. The molecule has 3 aliphatic heterocycles.